The van der Waals surface area contributed by atoms with Crippen molar-refractivity contribution < 1.29 is 14.6 Å². The normalized spacial score (nSPS) is 21.9. The molecule has 2 saturated heterocycles. The third-order valence-electron chi connectivity index (χ3n) is 9.28. The van der Waals surface area contributed by atoms with Gasteiger partial charge in [-0.3, -0.25) is 4.79 Å². The van der Waals surface area contributed by atoms with Gasteiger partial charge in [-0.2, -0.15) is 9.97 Å². The SMILES string of the molecule is CCC(Oc1cc(N2CCC3(CC2)CNC(C(=O)O)C3)nc(N)n1)c1cc(-c2ccccc2)ccc1C1=CCC(C)C=C1. The maximum Gasteiger partial charge on any atom is 0.320 e. The fourth-order valence-electron chi connectivity index (χ4n) is 6.68. The number of aromatic nitrogens is 2. The summed E-state index contributed by atoms with van der Waals surface area (Å²) in [7, 11) is 0. The molecule has 1 spiro atoms. The second kappa shape index (κ2) is 12.2. The van der Waals surface area contributed by atoms with Crippen LogP contribution in [0.25, 0.3) is 16.7 Å². The molecule has 0 saturated carbocycles. The number of nitrogens with zero attached hydrogens (tertiary/aromatic N) is 3. The number of hydrogen-bond donors (Lipinski definition) is 3. The van der Waals surface area contributed by atoms with Crippen molar-refractivity contribution in [2.24, 2.45) is 11.3 Å². The quantitative estimate of drug-likeness (QED) is 0.286. The second-order valence-corrected chi connectivity index (χ2v) is 12.3. The smallest absolute Gasteiger partial charge is 0.320 e. The largest absolute Gasteiger partial charge is 0.480 e. The molecular weight excluding hydrogens is 538 g/mol. The summed E-state index contributed by atoms with van der Waals surface area (Å²) in [6.07, 6.45) is 10.8. The third kappa shape index (κ3) is 6.30. The molecule has 0 bridgehead atoms. The molecule has 0 radical (unpaired) electrons. The van der Waals surface area contributed by atoms with Crippen molar-refractivity contribution in [3.63, 3.8) is 0 Å². The topological polar surface area (TPSA) is 114 Å². The van der Waals surface area contributed by atoms with Crippen molar-refractivity contribution >= 4 is 23.3 Å². The van der Waals surface area contributed by atoms with Crippen LogP contribution in [0, 0.1) is 11.3 Å². The summed E-state index contributed by atoms with van der Waals surface area (Å²) in [6.45, 7) is 6.67. The zero-order valence-corrected chi connectivity index (χ0v) is 25.0. The maximum absolute atomic E-state index is 11.5. The van der Waals surface area contributed by atoms with Crippen molar-refractivity contribution in [3.05, 3.63) is 84.0 Å². The molecule has 6 rings (SSSR count). The van der Waals surface area contributed by atoms with E-state index in [2.05, 4.69) is 94.7 Å². The number of hydrogen-bond acceptors (Lipinski definition) is 7. The van der Waals surface area contributed by atoms with E-state index in [1.165, 1.54) is 11.1 Å². The summed E-state index contributed by atoms with van der Waals surface area (Å²) in [6, 6.07) is 18.5. The van der Waals surface area contributed by atoms with Gasteiger partial charge in [0.25, 0.3) is 0 Å². The Labute approximate surface area is 253 Å². The highest BCUT2D eigenvalue weighted by atomic mass is 16.5. The van der Waals surface area contributed by atoms with E-state index in [9.17, 15) is 9.90 Å². The van der Waals surface area contributed by atoms with E-state index in [1.807, 2.05) is 12.1 Å². The Morgan fingerprint density at radius 3 is 2.60 bits per heavy atom. The Kier molecular flexibility index (Phi) is 8.21. The van der Waals surface area contributed by atoms with Gasteiger partial charge in [0.05, 0.1) is 0 Å². The zero-order valence-electron chi connectivity index (χ0n) is 25.0. The Morgan fingerprint density at radius 2 is 1.93 bits per heavy atom. The Bertz CT molecular complexity index is 1530. The average molecular weight is 580 g/mol. The second-order valence-electron chi connectivity index (χ2n) is 12.3. The number of piperidine rings is 1. The number of carboxylic acids is 1. The van der Waals surface area contributed by atoms with Crippen LogP contribution in [0.4, 0.5) is 11.8 Å². The van der Waals surface area contributed by atoms with Gasteiger partial charge >= 0.3 is 5.97 Å². The lowest BCUT2D eigenvalue weighted by Gasteiger charge is -2.39. The van der Waals surface area contributed by atoms with Crippen LogP contribution in [0.5, 0.6) is 5.88 Å². The molecule has 43 heavy (non-hydrogen) atoms. The van der Waals surface area contributed by atoms with Crippen molar-refractivity contribution in [2.75, 3.05) is 30.3 Å². The summed E-state index contributed by atoms with van der Waals surface area (Å²) in [5.74, 6) is 1.16. The van der Waals surface area contributed by atoms with E-state index in [0.717, 1.165) is 67.8 Å². The van der Waals surface area contributed by atoms with Crippen LogP contribution in [0.1, 0.15) is 63.2 Å². The molecule has 2 aromatic carbocycles. The number of aliphatic carboxylic acids is 1. The van der Waals surface area contributed by atoms with Gasteiger partial charge in [-0.1, -0.05) is 74.5 Å². The highest BCUT2D eigenvalue weighted by Crippen LogP contribution is 2.41. The molecule has 1 aromatic heterocycles. The molecule has 3 aromatic rings. The number of allylic oxidation sites excluding steroid dienone is 4. The average Bonchev–Trinajstić information content (AvgIpc) is 3.44. The zero-order chi connectivity index (χ0) is 30.0. The summed E-state index contributed by atoms with van der Waals surface area (Å²) >= 11 is 0. The van der Waals surface area contributed by atoms with Gasteiger partial charge in [0.2, 0.25) is 11.8 Å². The molecule has 4 N–H and O–H groups in total. The number of nitrogens with one attached hydrogen (secondary N) is 1. The molecule has 224 valence electrons. The van der Waals surface area contributed by atoms with Crippen LogP contribution in [0.3, 0.4) is 0 Å². The third-order valence-corrected chi connectivity index (χ3v) is 9.28. The Morgan fingerprint density at radius 1 is 1.14 bits per heavy atom. The van der Waals surface area contributed by atoms with Gasteiger partial charge in [-0.05, 0) is 71.8 Å². The maximum atomic E-state index is 11.5. The van der Waals surface area contributed by atoms with Crippen molar-refractivity contribution in [1.82, 2.24) is 15.3 Å². The minimum absolute atomic E-state index is 0.0188. The van der Waals surface area contributed by atoms with E-state index in [-0.39, 0.29) is 17.5 Å². The first kappa shape index (κ1) is 28.9. The van der Waals surface area contributed by atoms with Crippen LogP contribution < -0.4 is 20.7 Å². The molecule has 3 heterocycles. The molecule has 3 aliphatic rings. The molecule has 3 atom stereocenters. The molecule has 3 unspecified atom stereocenters. The Hall–Kier alpha value is -4.17. The lowest BCUT2D eigenvalue weighted by atomic mass is 9.76. The number of carboxylic acid groups (broad SMARTS) is 1. The molecule has 2 aliphatic heterocycles. The number of benzene rings is 2. The lowest BCUT2D eigenvalue weighted by molar-refractivity contribution is -0.139. The van der Waals surface area contributed by atoms with E-state index < -0.39 is 12.0 Å². The van der Waals surface area contributed by atoms with Gasteiger partial charge in [-0.25, -0.2) is 0 Å². The van der Waals surface area contributed by atoms with E-state index in [1.54, 1.807) is 0 Å². The van der Waals surface area contributed by atoms with Crippen molar-refractivity contribution in [2.45, 2.75) is 58.1 Å². The van der Waals surface area contributed by atoms with Gasteiger partial charge in [0.15, 0.2) is 0 Å². The molecule has 1 aliphatic carbocycles. The first-order valence-corrected chi connectivity index (χ1v) is 15.4. The lowest BCUT2D eigenvalue weighted by Crippen LogP contribution is -2.41. The number of nitrogen functional groups attached to an aromatic ring is 1. The van der Waals surface area contributed by atoms with Crippen LogP contribution >= 0.6 is 0 Å². The fourth-order valence-corrected chi connectivity index (χ4v) is 6.68. The van der Waals surface area contributed by atoms with Gasteiger partial charge in [0, 0.05) is 31.3 Å². The van der Waals surface area contributed by atoms with Gasteiger partial charge in [0.1, 0.15) is 18.0 Å². The molecule has 8 nitrogen and oxygen atoms in total. The van der Waals surface area contributed by atoms with Crippen molar-refractivity contribution in [3.8, 4) is 17.0 Å². The minimum Gasteiger partial charge on any atom is -0.480 e. The molecule has 2 fully saturated rings. The van der Waals surface area contributed by atoms with E-state index in [0.29, 0.717) is 18.2 Å². The first-order chi connectivity index (χ1) is 20.8. The van der Waals surface area contributed by atoms with Gasteiger partial charge < -0.3 is 25.8 Å². The predicted molar refractivity (Wildman–Crippen MR) is 171 cm³/mol. The molecule has 0 amide bonds. The monoisotopic (exact) mass is 579 g/mol. The molecular formula is C35H41N5O3. The summed E-state index contributed by atoms with van der Waals surface area (Å²) in [4.78, 5) is 22.8. The van der Waals surface area contributed by atoms with E-state index >= 15 is 0 Å². The van der Waals surface area contributed by atoms with Crippen LogP contribution in [-0.2, 0) is 4.79 Å². The number of ether oxygens (including phenoxy) is 1. The highest BCUT2D eigenvalue weighted by molar-refractivity contribution is 5.79. The Balaban J connectivity index is 1.26. The van der Waals surface area contributed by atoms with E-state index in [4.69, 9.17) is 10.5 Å². The minimum atomic E-state index is -0.766. The summed E-state index contributed by atoms with van der Waals surface area (Å²) in [5.41, 5.74) is 12.1. The highest BCUT2D eigenvalue weighted by Gasteiger charge is 2.43. The summed E-state index contributed by atoms with van der Waals surface area (Å²) < 4.78 is 6.65. The summed E-state index contributed by atoms with van der Waals surface area (Å²) in [5, 5.41) is 12.6. The van der Waals surface area contributed by atoms with Crippen LogP contribution in [-0.4, -0.2) is 46.7 Å². The fraction of sp³-hybridized carbons (Fsp3) is 0.400. The van der Waals surface area contributed by atoms with Crippen LogP contribution in [0.15, 0.2) is 72.8 Å². The number of rotatable bonds is 8. The van der Waals surface area contributed by atoms with Gasteiger partial charge in [-0.15, -0.1) is 0 Å². The number of anilines is 2. The van der Waals surface area contributed by atoms with Crippen LogP contribution in [0.2, 0.25) is 0 Å². The molecule has 8 heteroatoms. The van der Waals surface area contributed by atoms with Crippen molar-refractivity contribution in [1.29, 1.82) is 0 Å². The predicted octanol–water partition coefficient (Wildman–Crippen LogP) is 6.27. The number of carbonyl (C=O) groups is 1. The number of nitrogens with two attached hydrogens (primary N) is 1. The standard InChI is InChI=1S/C35H41N5O3/c1-3-30(28-19-26(24-7-5-4-6-8-24)13-14-27(28)25-11-9-23(2)10-12-25)43-32-20-31(38-34(36)39-32)40-17-15-35(16-18-40)21-29(33(41)42)37-22-35/h4-9,11-14,19-20,23,29-30,37H,3,10,15-18,21-22H2,1-2H3,(H,41,42)(H2,36,38,39). The first-order valence-electron chi connectivity index (χ1n) is 15.4.